The summed E-state index contributed by atoms with van der Waals surface area (Å²) in [5.41, 5.74) is 2.13. The maximum atomic E-state index is 5.95. The number of aromatic nitrogens is 4. The quantitative estimate of drug-likeness (QED) is 0.751. The molecule has 0 unspecified atom stereocenters. The van der Waals surface area contributed by atoms with Gasteiger partial charge in [-0.3, -0.25) is 0 Å². The van der Waals surface area contributed by atoms with Crippen LogP contribution in [0.2, 0.25) is 5.28 Å². The molecule has 0 aliphatic carbocycles. The molecule has 102 valence electrons. The Kier molecular flexibility index (Phi) is 3.15. The van der Waals surface area contributed by atoms with Crippen molar-refractivity contribution >= 4 is 34.3 Å². The van der Waals surface area contributed by atoms with Crippen LogP contribution in [0, 0.1) is 0 Å². The van der Waals surface area contributed by atoms with Gasteiger partial charge in [0.2, 0.25) is 5.28 Å². The Hall–Kier alpha value is -2.34. The highest BCUT2D eigenvalue weighted by atomic mass is 35.5. The smallest absolute Gasteiger partial charge is 0.226 e. The molecule has 2 heterocycles. The molecule has 2 aromatic heterocycles. The van der Waals surface area contributed by atoms with E-state index in [2.05, 4.69) is 19.9 Å². The lowest BCUT2D eigenvalue weighted by Gasteiger charge is -2.21. The number of imidazole rings is 1. The summed E-state index contributed by atoms with van der Waals surface area (Å²) in [4.78, 5) is 17.4. The van der Waals surface area contributed by atoms with Gasteiger partial charge in [-0.05, 0) is 23.7 Å². The van der Waals surface area contributed by atoms with Gasteiger partial charge >= 0.3 is 0 Å². The second kappa shape index (κ2) is 4.97. The number of para-hydroxylation sites is 2. The average Bonchev–Trinajstić information content (AvgIpc) is 2.93. The van der Waals surface area contributed by atoms with Crippen molar-refractivity contribution in [2.24, 2.45) is 0 Å². The number of hydrogen-bond acceptors (Lipinski definition) is 5. The van der Waals surface area contributed by atoms with Crippen molar-refractivity contribution in [1.29, 1.82) is 0 Å². The lowest BCUT2D eigenvalue weighted by Crippen LogP contribution is -2.13. The summed E-state index contributed by atoms with van der Waals surface area (Å²) in [5.74, 6) is 1.39. The van der Waals surface area contributed by atoms with Gasteiger partial charge in [-0.25, -0.2) is 4.98 Å². The van der Waals surface area contributed by atoms with E-state index in [1.165, 1.54) is 0 Å². The second-order valence-electron chi connectivity index (χ2n) is 4.15. The first-order valence-corrected chi connectivity index (χ1v) is 6.32. The first-order chi connectivity index (χ1) is 9.70. The number of methoxy groups -OCH3 is 1. The third-order valence-corrected chi connectivity index (χ3v) is 3.17. The number of halogens is 1. The maximum absolute atomic E-state index is 5.95. The molecule has 0 saturated carbocycles. The highest BCUT2D eigenvalue weighted by molar-refractivity contribution is 6.28. The molecule has 7 heteroatoms. The van der Waals surface area contributed by atoms with Crippen LogP contribution in [0.1, 0.15) is 0 Å². The fourth-order valence-electron chi connectivity index (χ4n) is 2.06. The van der Waals surface area contributed by atoms with E-state index in [0.29, 0.717) is 11.5 Å². The third-order valence-electron chi connectivity index (χ3n) is 3.00. The molecular formula is C13H12ClN5O. The molecule has 0 atom stereocenters. The summed E-state index contributed by atoms with van der Waals surface area (Å²) in [7, 11) is 3.52. The number of nitrogens with zero attached hydrogens (tertiary/aromatic N) is 4. The molecule has 1 N–H and O–H groups in total. The van der Waals surface area contributed by atoms with Gasteiger partial charge in [0, 0.05) is 7.05 Å². The molecule has 0 saturated heterocycles. The van der Waals surface area contributed by atoms with Crippen LogP contribution in [0.4, 0.5) is 11.5 Å². The van der Waals surface area contributed by atoms with Gasteiger partial charge in [-0.2, -0.15) is 9.97 Å². The minimum Gasteiger partial charge on any atom is -0.495 e. The minimum absolute atomic E-state index is 0.154. The summed E-state index contributed by atoms with van der Waals surface area (Å²) in [6.45, 7) is 0. The zero-order chi connectivity index (χ0) is 14.1. The summed E-state index contributed by atoms with van der Waals surface area (Å²) in [6.07, 6.45) is 1.56. The summed E-state index contributed by atoms with van der Waals surface area (Å²) in [5, 5.41) is 0.154. The van der Waals surface area contributed by atoms with Crippen LogP contribution in [0.3, 0.4) is 0 Å². The fourth-order valence-corrected chi connectivity index (χ4v) is 2.22. The van der Waals surface area contributed by atoms with E-state index in [1.54, 1.807) is 13.4 Å². The molecule has 0 aliphatic rings. The largest absolute Gasteiger partial charge is 0.495 e. The Morgan fingerprint density at radius 2 is 2.05 bits per heavy atom. The SMILES string of the molecule is COc1ccccc1N(C)c1nc(Cl)nc2nc[nH]c12. The second-order valence-corrected chi connectivity index (χ2v) is 4.49. The van der Waals surface area contributed by atoms with Gasteiger partial charge in [0.1, 0.15) is 11.3 Å². The van der Waals surface area contributed by atoms with Crippen LogP contribution in [0.15, 0.2) is 30.6 Å². The van der Waals surface area contributed by atoms with Gasteiger partial charge in [0.05, 0.1) is 19.1 Å². The maximum Gasteiger partial charge on any atom is 0.226 e. The number of anilines is 2. The zero-order valence-electron chi connectivity index (χ0n) is 11.0. The van der Waals surface area contributed by atoms with E-state index in [1.807, 2.05) is 36.2 Å². The van der Waals surface area contributed by atoms with E-state index in [-0.39, 0.29) is 5.28 Å². The summed E-state index contributed by atoms with van der Waals surface area (Å²) >= 11 is 5.95. The molecule has 6 nitrogen and oxygen atoms in total. The Morgan fingerprint density at radius 1 is 1.25 bits per heavy atom. The number of hydrogen-bond donors (Lipinski definition) is 1. The summed E-state index contributed by atoms with van der Waals surface area (Å²) in [6, 6.07) is 7.67. The molecule has 0 aliphatic heterocycles. The van der Waals surface area contributed by atoms with E-state index >= 15 is 0 Å². The normalized spacial score (nSPS) is 10.8. The van der Waals surface area contributed by atoms with Crippen molar-refractivity contribution in [3.8, 4) is 5.75 Å². The van der Waals surface area contributed by atoms with Crippen LogP contribution in [0.25, 0.3) is 11.2 Å². The predicted molar refractivity (Wildman–Crippen MR) is 77.8 cm³/mol. The molecule has 3 rings (SSSR count). The lowest BCUT2D eigenvalue weighted by molar-refractivity contribution is 0.415. The number of nitrogens with one attached hydrogen (secondary N) is 1. The van der Waals surface area contributed by atoms with E-state index < -0.39 is 0 Å². The number of fused-ring (bicyclic) bond motifs is 1. The lowest BCUT2D eigenvalue weighted by atomic mass is 10.2. The van der Waals surface area contributed by atoms with Crippen LogP contribution < -0.4 is 9.64 Å². The number of aromatic amines is 1. The summed E-state index contributed by atoms with van der Waals surface area (Å²) < 4.78 is 5.37. The van der Waals surface area contributed by atoms with Crippen molar-refractivity contribution in [2.75, 3.05) is 19.1 Å². The topological polar surface area (TPSA) is 66.9 Å². The molecule has 3 aromatic rings. The van der Waals surface area contributed by atoms with Crippen molar-refractivity contribution < 1.29 is 4.74 Å². The molecule has 0 bridgehead atoms. The Labute approximate surface area is 120 Å². The van der Waals surface area contributed by atoms with Crippen molar-refractivity contribution in [1.82, 2.24) is 19.9 Å². The highest BCUT2D eigenvalue weighted by Crippen LogP contribution is 2.33. The molecular weight excluding hydrogens is 278 g/mol. The minimum atomic E-state index is 0.154. The number of rotatable bonds is 3. The number of H-pyrrole nitrogens is 1. The molecule has 0 fully saturated rings. The molecule has 0 radical (unpaired) electrons. The van der Waals surface area contributed by atoms with Gasteiger partial charge in [-0.15, -0.1) is 0 Å². The molecule has 0 spiro atoms. The molecule has 1 aromatic carbocycles. The first kappa shape index (κ1) is 12.7. The monoisotopic (exact) mass is 289 g/mol. The van der Waals surface area contributed by atoms with Crippen LogP contribution in [-0.2, 0) is 0 Å². The van der Waals surface area contributed by atoms with E-state index in [9.17, 15) is 0 Å². The zero-order valence-corrected chi connectivity index (χ0v) is 11.7. The fraction of sp³-hybridized carbons (Fsp3) is 0.154. The van der Waals surface area contributed by atoms with Crippen LogP contribution >= 0.6 is 11.6 Å². The first-order valence-electron chi connectivity index (χ1n) is 5.94. The van der Waals surface area contributed by atoms with Gasteiger partial charge in [-0.1, -0.05) is 12.1 Å². The standard InChI is InChI=1S/C13H12ClN5O/c1-19(8-5-3-4-6-9(8)20-2)12-10-11(16-7-15-10)17-13(14)18-12/h3-7H,1-2H3,(H,15,16,17,18). The highest BCUT2D eigenvalue weighted by Gasteiger charge is 2.16. The van der Waals surface area contributed by atoms with Gasteiger partial charge in [0.25, 0.3) is 0 Å². The van der Waals surface area contributed by atoms with Gasteiger partial charge in [0.15, 0.2) is 11.5 Å². The van der Waals surface area contributed by atoms with E-state index in [0.717, 1.165) is 17.0 Å². The molecule has 20 heavy (non-hydrogen) atoms. The van der Waals surface area contributed by atoms with Crippen LogP contribution in [-0.4, -0.2) is 34.1 Å². The van der Waals surface area contributed by atoms with E-state index in [4.69, 9.17) is 16.3 Å². The van der Waals surface area contributed by atoms with Gasteiger partial charge < -0.3 is 14.6 Å². The predicted octanol–water partition coefficient (Wildman–Crippen LogP) is 2.78. The van der Waals surface area contributed by atoms with Crippen molar-refractivity contribution in [3.63, 3.8) is 0 Å². The Balaban J connectivity index is 2.17. The van der Waals surface area contributed by atoms with Crippen LogP contribution in [0.5, 0.6) is 5.75 Å². The third kappa shape index (κ3) is 2.04. The van der Waals surface area contributed by atoms with Crippen molar-refractivity contribution in [2.45, 2.75) is 0 Å². The Bertz CT molecular complexity index is 757. The number of ether oxygens (including phenoxy) is 1. The number of benzene rings is 1. The van der Waals surface area contributed by atoms with Crippen molar-refractivity contribution in [3.05, 3.63) is 35.9 Å². The average molecular weight is 290 g/mol. The molecule has 0 amide bonds. The Morgan fingerprint density at radius 3 is 2.85 bits per heavy atom.